The number of carbonyl (C=O) groups is 1. The number of aliphatic carboxylic acids is 1. The number of hydrogen-bond acceptors (Lipinski definition) is 3. The molecule has 1 heterocycles. The fourth-order valence-corrected chi connectivity index (χ4v) is 2.17. The lowest BCUT2D eigenvalue weighted by Gasteiger charge is -2.21. The lowest BCUT2D eigenvalue weighted by Crippen LogP contribution is -2.23. The van der Waals surface area contributed by atoms with Gasteiger partial charge in [-0.2, -0.15) is 0 Å². The minimum absolute atomic E-state index is 0.0428. The molecule has 1 aromatic carbocycles. The molecule has 0 aromatic heterocycles. The number of rotatable bonds is 2. The Morgan fingerprint density at radius 1 is 1.29 bits per heavy atom. The van der Waals surface area contributed by atoms with Gasteiger partial charge in [-0.3, -0.25) is 4.79 Å². The van der Waals surface area contributed by atoms with Gasteiger partial charge in [0.2, 0.25) is 0 Å². The van der Waals surface area contributed by atoms with Crippen LogP contribution < -0.4 is 9.47 Å². The van der Waals surface area contributed by atoms with E-state index in [9.17, 15) is 9.18 Å². The third kappa shape index (κ3) is 1.38. The van der Waals surface area contributed by atoms with Crippen molar-refractivity contribution < 1.29 is 23.8 Å². The number of carboxylic acids is 1. The fourth-order valence-electron chi connectivity index (χ4n) is 2.17. The molecule has 0 spiro atoms. The van der Waals surface area contributed by atoms with Crippen molar-refractivity contribution in [2.75, 3.05) is 13.2 Å². The van der Waals surface area contributed by atoms with Crippen LogP contribution in [0.3, 0.4) is 0 Å². The Labute approximate surface area is 97.0 Å². The van der Waals surface area contributed by atoms with Crippen LogP contribution >= 0.6 is 0 Å². The standard InChI is InChI=1S/C12H11FO4/c13-9-7(12(3-4-12)11(14)15)1-2-8-10(9)17-6-5-16-8/h1-2H,3-6H2,(H,14,15). The van der Waals surface area contributed by atoms with Crippen molar-refractivity contribution in [3.8, 4) is 11.5 Å². The van der Waals surface area contributed by atoms with Crippen LogP contribution in [0.4, 0.5) is 4.39 Å². The third-order valence-corrected chi connectivity index (χ3v) is 3.32. The van der Waals surface area contributed by atoms with Crippen LogP contribution in [-0.2, 0) is 10.2 Å². The minimum Gasteiger partial charge on any atom is -0.486 e. The topological polar surface area (TPSA) is 55.8 Å². The molecule has 0 unspecified atom stereocenters. The van der Waals surface area contributed by atoms with Gasteiger partial charge in [-0.15, -0.1) is 0 Å². The van der Waals surface area contributed by atoms with Gasteiger partial charge in [0, 0.05) is 5.56 Å². The molecule has 5 heteroatoms. The molecule has 0 atom stereocenters. The number of carboxylic acid groups (broad SMARTS) is 1. The van der Waals surface area contributed by atoms with Crippen LogP contribution in [0.25, 0.3) is 0 Å². The molecule has 2 aliphatic rings. The van der Waals surface area contributed by atoms with E-state index in [1.165, 1.54) is 6.07 Å². The van der Waals surface area contributed by atoms with E-state index in [-0.39, 0.29) is 17.9 Å². The normalized spacial score (nSPS) is 19.8. The van der Waals surface area contributed by atoms with Crippen LogP contribution in [0.2, 0.25) is 0 Å². The van der Waals surface area contributed by atoms with Crippen LogP contribution in [0.5, 0.6) is 11.5 Å². The molecule has 1 N–H and O–H groups in total. The van der Waals surface area contributed by atoms with Gasteiger partial charge in [0.1, 0.15) is 13.2 Å². The summed E-state index contributed by atoms with van der Waals surface area (Å²) in [4.78, 5) is 11.2. The summed E-state index contributed by atoms with van der Waals surface area (Å²) in [6, 6.07) is 3.07. The quantitative estimate of drug-likeness (QED) is 0.852. The molecule has 0 amide bonds. The number of hydrogen-bond donors (Lipinski definition) is 1. The fraction of sp³-hybridized carbons (Fsp3) is 0.417. The molecule has 0 saturated heterocycles. The smallest absolute Gasteiger partial charge is 0.314 e. The average Bonchev–Trinajstić information content (AvgIpc) is 3.11. The highest BCUT2D eigenvalue weighted by molar-refractivity contribution is 5.85. The van der Waals surface area contributed by atoms with Gasteiger partial charge in [0.15, 0.2) is 17.3 Å². The summed E-state index contributed by atoms with van der Waals surface area (Å²) >= 11 is 0. The second-order valence-electron chi connectivity index (χ2n) is 4.34. The molecular weight excluding hydrogens is 227 g/mol. The number of fused-ring (bicyclic) bond motifs is 1. The summed E-state index contributed by atoms with van der Waals surface area (Å²) in [5, 5.41) is 9.15. The minimum atomic E-state index is -1.06. The van der Waals surface area contributed by atoms with E-state index in [1.54, 1.807) is 6.07 Å². The zero-order valence-electron chi connectivity index (χ0n) is 9.03. The Kier molecular flexibility index (Phi) is 2.05. The van der Waals surface area contributed by atoms with Gasteiger partial charge in [0.05, 0.1) is 5.41 Å². The van der Waals surface area contributed by atoms with E-state index < -0.39 is 17.2 Å². The van der Waals surface area contributed by atoms with Crippen molar-refractivity contribution >= 4 is 5.97 Å². The first-order chi connectivity index (χ1) is 8.15. The van der Waals surface area contributed by atoms with Crippen molar-refractivity contribution in [1.29, 1.82) is 0 Å². The van der Waals surface area contributed by atoms with E-state index in [0.717, 1.165) is 0 Å². The molecule has 1 saturated carbocycles. The van der Waals surface area contributed by atoms with Gasteiger partial charge < -0.3 is 14.6 Å². The third-order valence-electron chi connectivity index (χ3n) is 3.32. The van der Waals surface area contributed by atoms with Crippen molar-refractivity contribution in [3.63, 3.8) is 0 Å². The summed E-state index contributed by atoms with van der Waals surface area (Å²) < 4.78 is 24.6. The van der Waals surface area contributed by atoms with Crippen molar-refractivity contribution in [1.82, 2.24) is 0 Å². The summed E-state index contributed by atoms with van der Waals surface area (Å²) in [6.45, 7) is 0.670. The molecule has 1 aliphatic heterocycles. The zero-order chi connectivity index (χ0) is 12.0. The second-order valence-corrected chi connectivity index (χ2v) is 4.34. The van der Waals surface area contributed by atoms with E-state index in [4.69, 9.17) is 14.6 Å². The largest absolute Gasteiger partial charge is 0.486 e. The number of halogens is 1. The average molecular weight is 238 g/mol. The summed E-state index contributed by atoms with van der Waals surface area (Å²) in [5.41, 5.74) is -0.853. The molecule has 3 rings (SSSR count). The van der Waals surface area contributed by atoms with E-state index in [2.05, 4.69) is 0 Å². The summed E-state index contributed by atoms with van der Waals surface area (Å²) in [5.74, 6) is -1.19. The van der Waals surface area contributed by atoms with Crippen LogP contribution in [-0.4, -0.2) is 24.3 Å². The molecule has 1 aliphatic carbocycles. The van der Waals surface area contributed by atoms with Crippen molar-refractivity contribution in [3.05, 3.63) is 23.5 Å². The molecule has 0 radical (unpaired) electrons. The Morgan fingerprint density at radius 3 is 2.65 bits per heavy atom. The van der Waals surface area contributed by atoms with Gasteiger partial charge >= 0.3 is 5.97 Å². The van der Waals surface area contributed by atoms with Crippen LogP contribution in [0, 0.1) is 5.82 Å². The Hall–Kier alpha value is -1.78. The maximum Gasteiger partial charge on any atom is 0.314 e. The maximum atomic E-state index is 14.2. The van der Waals surface area contributed by atoms with E-state index in [0.29, 0.717) is 25.2 Å². The Balaban J connectivity index is 2.10. The zero-order valence-corrected chi connectivity index (χ0v) is 9.03. The lowest BCUT2D eigenvalue weighted by atomic mass is 9.95. The van der Waals surface area contributed by atoms with Gasteiger partial charge in [-0.1, -0.05) is 6.07 Å². The van der Waals surface area contributed by atoms with Gasteiger partial charge in [-0.25, -0.2) is 4.39 Å². The number of ether oxygens (including phenoxy) is 2. The summed E-state index contributed by atoms with van der Waals surface area (Å²) in [7, 11) is 0. The predicted octanol–water partition coefficient (Wildman–Crippen LogP) is 1.71. The van der Waals surface area contributed by atoms with Crippen LogP contribution in [0.1, 0.15) is 18.4 Å². The van der Waals surface area contributed by atoms with E-state index >= 15 is 0 Å². The number of benzene rings is 1. The monoisotopic (exact) mass is 238 g/mol. The Bertz CT molecular complexity index is 494. The summed E-state index contributed by atoms with van der Waals surface area (Å²) in [6.07, 6.45) is 0.942. The lowest BCUT2D eigenvalue weighted by molar-refractivity contribution is -0.140. The molecular formula is C12H11FO4. The predicted molar refractivity (Wildman–Crippen MR) is 55.9 cm³/mol. The highest BCUT2D eigenvalue weighted by atomic mass is 19.1. The highest BCUT2D eigenvalue weighted by Crippen LogP contribution is 2.51. The maximum absolute atomic E-state index is 14.2. The first-order valence-electron chi connectivity index (χ1n) is 5.47. The first kappa shape index (κ1) is 10.4. The molecule has 4 nitrogen and oxygen atoms in total. The molecule has 17 heavy (non-hydrogen) atoms. The molecule has 0 bridgehead atoms. The van der Waals surface area contributed by atoms with E-state index in [1.807, 2.05) is 0 Å². The van der Waals surface area contributed by atoms with Gasteiger partial charge in [-0.05, 0) is 18.9 Å². The first-order valence-corrected chi connectivity index (χ1v) is 5.47. The molecule has 1 fully saturated rings. The van der Waals surface area contributed by atoms with Crippen LogP contribution in [0.15, 0.2) is 12.1 Å². The SMILES string of the molecule is O=C(O)C1(c2ccc3c(c2F)OCCO3)CC1. The second kappa shape index (κ2) is 3.35. The Morgan fingerprint density at radius 2 is 2.00 bits per heavy atom. The van der Waals surface area contributed by atoms with Crippen molar-refractivity contribution in [2.45, 2.75) is 18.3 Å². The highest BCUT2D eigenvalue weighted by Gasteiger charge is 2.54. The van der Waals surface area contributed by atoms with Gasteiger partial charge in [0.25, 0.3) is 0 Å². The van der Waals surface area contributed by atoms with Crippen molar-refractivity contribution in [2.24, 2.45) is 0 Å². The molecule has 90 valence electrons. The molecule has 1 aromatic rings.